The van der Waals surface area contributed by atoms with Gasteiger partial charge in [0.1, 0.15) is 6.54 Å². The Morgan fingerprint density at radius 2 is 2.05 bits per heavy atom. The van der Waals surface area contributed by atoms with Crippen molar-refractivity contribution in [2.45, 2.75) is 44.4 Å². The van der Waals surface area contributed by atoms with E-state index in [1.807, 2.05) is 6.92 Å². The van der Waals surface area contributed by atoms with E-state index in [4.69, 9.17) is 17.3 Å². The summed E-state index contributed by atoms with van der Waals surface area (Å²) >= 11 is 6.15. The molecular weight excluding hydrogens is 289 g/mol. The standard InChI is InChI=1S/C14H18ClF3N2/c1-9(19)6-10-2-3-12(7-13(10)15)20(11-4-5-11)8-14(16,17)18/h2-3,7,9,11H,4-6,8,19H2,1H3. The van der Waals surface area contributed by atoms with Crippen LogP contribution in [-0.2, 0) is 6.42 Å². The minimum Gasteiger partial charge on any atom is -0.359 e. The fraction of sp³-hybridized carbons (Fsp3) is 0.571. The molecule has 1 fully saturated rings. The quantitative estimate of drug-likeness (QED) is 0.897. The first kappa shape index (κ1) is 15.4. The number of anilines is 1. The molecule has 2 N–H and O–H groups in total. The minimum absolute atomic E-state index is 0.0213. The molecule has 0 spiro atoms. The summed E-state index contributed by atoms with van der Waals surface area (Å²) in [4.78, 5) is 1.39. The number of benzene rings is 1. The van der Waals surface area contributed by atoms with E-state index in [-0.39, 0.29) is 12.1 Å². The zero-order chi connectivity index (χ0) is 14.9. The highest BCUT2D eigenvalue weighted by Crippen LogP contribution is 2.36. The number of hydrogen-bond acceptors (Lipinski definition) is 2. The zero-order valence-electron chi connectivity index (χ0n) is 11.3. The largest absolute Gasteiger partial charge is 0.405 e. The van der Waals surface area contributed by atoms with Gasteiger partial charge in [-0.1, -0.05) is 17.7 Å². The number of hydrogen-bond donors (Lipinski definition) is 1. The maximum atomic E-state index is 12.6. The lowest BCUT2D eigenvalue weighted by Gasteiger charge is -2.26. The topological polar surface area (TPSA) is 29.3 Å². The van der Waals surface area contributed by atoms with E-state index in [0.29, 0.717) is 17.1 Å². The lowest BCUT2D eigenvalue weighted by molar-refractivity contribution is -0.120. The Morgan fingerprint density at radius 3 is 2.50 bits per heavy atom. The van der Waals surface area contributed by atoms with Crippen molar-refractivity contribution < 1.29 is 13.2 Å². The maximum absolute atomic E-state index is 12.6. The molecule has 6 heteroatoms. The Hall–Kier alpha value is -0.940. The van der Waals surface area contributed by atoms with Gasteiger partial charge in [0, 0.05) is 22.8 Å². The summed E-state index contributed by atoms with van der Waals surface area (Å²) in [5.74, 6) is 0. The van der Waals surface area contributed by atoms with Crippen LogP contribution in [0.1, 0.15) is 25.3 Å². The molecule has 1 saturated carbocycles. The summed E-state index contributed by atoms with van der Waals surface area (Å²) in [5, 5.41) is 0.479. The Labute approximate surface area is 121 Å². The maximum Gasteiger partial charge on any atom is 0.405 e. The summed E-state index contributed by atoms with van der Waals surface area (Å²) in [6, 6.07) is 5.03. The zero-order valence-corrected chi connectivity index (χ0v) is 12.0. The Morgan fingerprint density at radius 1 is 1.40 bits per heavy atom. The first-order valence-corrected chi connectivity index (χ1v) is 7.01. The van der Waals surface area contributed by atoms with Crippen molar-refractivity contribution >= 4 is 17.3 Å². The van der Waals surface area contributed by atoms with Gasteiger partial charge in [-0.05, 0) is 43.9 Å². The van der Waals surface area contributed by atoms with Gasteiger partial charge in [-0.2, -0.15) is 13.2 Å². The van der Waals surface area contributed by atoms with Crippen LogP contribution in [0.2, 0.25) is 5.02 Å². The Balaban J connectivity index is 2.19. The van der Waals surface area contributed by atoms with Crippen molar-refractivity contribution in [1.82, 2.24) is 0 Å². The lowest BCUT2D eigenvalue weighted by atomic mass is 10.1. The van der Waals surface area contributed by atoms with Crippen molar-refractivity contribution in [3.8, 4) is 0 Å². The molecule has 1 aromatic carbocycles. The smallest absolute Gasteiger partial charge is 0.359 e. The van der Waals surface area contributed by atoms with Crippen LogP contribution in [0.15, 0.2) is 18.2 Å². The Kier molecular flexibility index (Phi) is 4.49. The van der Waals surface area contributed by atoms with Crippen molar-refractivity contribution in [2.75, 3.05) is 11.4 Å². The van der Waals surface area contributed by atoms with E-state index in [0.717, 1.165) is 18.4 Å². The normalized spacial score (nSPS) is 17.1. The summed E-state index contributed by atoms with van der Waals surface area (Å²) in [7, 11) is 0. The van der Waals surface area contributed by atoms with E-state index < -0.39 is 12.7 Å². The van der Waals surface area contributed by atoms with Gasteiger partial charge in [0.15, 0.2) is 0 Å². The summed E-state index contributed by atoms with van der Waals surface area (Å²) in [6.07, 6.45) is -1.99. The van der Waals surface area contributed by atoms with Crippen LogP contribution in [0.4, 0.5) is 18.9 Å². The fourth-order valence-corrected chi connectivity index (χ4v) is 2.49. The molecular formula is C14H18ClF3N2. The number of alkyl halides is 3. The third-order valence-electron chi connectivity index (χ3n) is 3.25. The van der Waals surface area contributed by atoms with E-state index in [1.165, 1.54) is 4.90 Å². The third-order valence-corrected chi connectivity index (χ3v) is 3.60. The molecule has 0 aliphatic heterocycles. The predicted molar refractivity (Wildman–Crippen MR) is 75.2 cm³/mol. The molecule has 1 aromatic rings. The monoisotopic (exact) mass is 306 g/mol. The fourth-order valence-electron chi connectivity index (χ4n) is 2.24. The molecule has 0 heterocycles. The van der Waals surface area contributed by atoms with Crippen molar-refractivity contribution in [3.63, 3.8) is 0 Å². The van der Waals surface area contributed by atoms with Gasteiger partial charge < -0.3 is 10.6 Å². The summed E-state index contributed by atoms with van der Waals surface area (Å²) in [6.45, 7) is 0.936. The van der Waals surface area contributed by atoms with Crippen LogP contribution in [0.3, 0.4) is 0 Å². The molecule has 1 aliphatic carbocycles. The van der Waals surface area contributed by atoms with Crippen LogP contribution < -0.4 is 10.6 Å². The highest BCUT2D eigenvalue weighted by Gasteiger charge is 2.38. The summed E-state index contributed by atoms with van der Waals surface area (Å²) in [5.41, 5.74) is 7.11. The molecule has 0 aromatic heterocycles. The molecule has 20 heavy (non-hydrogen) atoms. The summed E-state index contributed by atoms with van der Waals surface area (Å²) < 4.78 is 37.9. The molecule has 1 aliphatic rings. The van der Waals surface area contributed by atoms with Crippen LogP contribution in [0.25, 0.3) is 0 Å². The molecule has 2 nitrogen and oxygen atoms in total. The number of nitrogens with zero attached hydrogens (tertiary/aromatic N) is 1. The van der Waals surface area contributed by atoms with Gasteiger partial charge in [0.05, 0.1) is 0 Å². The van der Waals surface area contributed by atoms with Crippen molar-refractivity contribution in [3.05, 3.63) is 28.8 Å². The minimum atomic E-state index is -4.21. The van der Waals surface area contributed by atoms with Crippen LogP contribution in [0, 0.1) is 0 Å². The molecule has 0 amide bonds. The van der Waals surface area contributed by atoms with Crippen LogP contribution in [0.5, 0.6) is 0 Å². The van der Waals surface area contributed by atoms with E-state index in [2.05, 4.69) is 0 Å². The van der Waals surface area contributed by atoms with Crippen molar-refractivity contribution in [2.24, 2.45) is 5.73 Å². The lowest BCUT2D eigenvalue weighted by Crippen LogP contribution is -2.36. The predicted octanol–water partition coefficient (Wildman–Crippen LogP) is 3.76. The highest BCUT2D eigenvalue weighted by atomic mass is 35.5. The van der Waals surface area contributed by atoms with E-state index in [1.54, 1.807) is 18.2 Å². The molecule has 1 unspecified atom stereocenters. The van der Waals surface area contributed by atoms with Crippen LogP contribution in [-0.4, -0.2) is 24.8 Å². The second kappa shape index (κ2) is 5.82. The second-order valence-electron chi connectivity index (χ2n) is 5.43. The molecule has 0 saturated heterocycles. The van der Waals surface area contributed by atoms with Crippen LogP contribution >= 0.6 is 11.6 Å². The Bertz CT molecular complexity index is 470. The average molecular weight is 307 g/mol. The van der Waals surface area contributed by atoms with E-state index in [9.17, 15) is 13.2 Å². The van der Waals surface area contributed by atoms with Gasteiger partial charge >= 0.3 is 6.18 Å². The van der Waals surface area contributed by atoms with Crippen molar-refractivity contribution in [1.29, 1.82) is 0 Å². The highest BCUT2D eigenvalue weighted by molar-refractivity contribution is 6.31. The molecule has 1 atom stereocenters. The van der Waals surface area contributed by atoms with Gasteiger partial charge in [-0.25, -0.2) is 0 Å². The van der Waals surface area contributed by atoms with Gasteiger partial charge in [0.25, 0.3) is 0 Å². The third kappa shape index (κ3) is 4.28. The van der Waals surface area contributed by atoms with Gasteiger partial charge in [-0.15, -0.1) is 0 Å². The first-order valence-electron chi connectivity index (χ1n) is 6.63. The van der Waals surface area contributed by atoms with Gasteiger partial charge in [0.2, 0.25) is 0 Å². The average Bonchev–Trinajstić information content (AvgIpc) is 3.11. The molecule has 0 bridgehead atoms. The second-order valence-corrected chi connectivity index (χ2v) is 5.84. The molecule has 2 rings (SSSR count). The molecule has 112 valence electrons. The SMILES string of the molecule is CC(N)Cc1ccc(N(CC(F)(F)F)C2CC2)cc1Cl. The van der Waals surface area contributed by atoms with Gasteiger partial charge in [-0.3, -0.25) is 0 Å². The molecule has 0 radical (unpaired) electrons. The first-order chi connectivity index (χ1) is 9.26. The number of halogens is 4. The van der Waals surface area contributed by atoms with E-state index >= 15 is 0 Å². The number of nitrogens with two attached hydrogens (primary N) is 1. The number of rotatable bonds is 5.